The second kappa shape index (κ2) is 26.7. The van der Waals surface area contributed by atoms with E-state index in [-0.39, 0.29) is 53.6 Å². The van der Waals surface area contributed by atoms with E-state index in [1.807, 2.05) is 4.57 Å². The zero-order valence-corrected chi connectivity index (χ0v) is 47.0. The Kier molecular flexibility index (Phi) is 20.3. The van der Waals surface area contributed by atoms with Crippen LogP contribution in [0.2, 0.25) is 0 Å². The molecule has 0 atom stereocenters. The molecule has 5 N–H and O–H groups in total. The smallest absolute Gasteiger partial charge is 0.388 e. The summed E-state index contributed by atoms with van der Waals surface area (Å²) in [5.41, 5.74) is 0.0336. The minimum Gasteiger partial charge on any atom is -0.481 e. The molecule has 0 unspecified atom stereocenters. The van der Waals surface area contributed by atoms with Crippen molar-refractivity contribution in [2.75, 3.05) is 48.7 Å². The largest absolute Gasteiger partial charge is 0.481 e. The van der Waals surface area contributed by atoms with Crippen LogP contribution in [0.15, 0.2) is 86.7 Å². The maximum Gasteiger partial charge on any atom is 0.388 e. The van der Waals surface area contributed by atoms with Crippen molar-refractivity contribution < 1.29 is 95.2 Å². The summed E-state index contributed by atoms with van der Waals surface area (Å²) in [5, 5.41) is 12.0. The van der Waals surface area contributed by atoms with Crippen LogP contribution in [0.3, 0.4) is 0 Å². The highest BCUT2D eigenvalue weighted by atomic mass is 32.2. The zero-order valence-electron chi connectivity index (χ0n) is 43.7. The van der Waals surface area contributed by atoms with Crippen LogP contribution in [0.1, 0.15) is 37.0 Å². The average molecular weight is 1260 g/mol. The fourth-order valence-electron chi connectivity index (χ4n) is 7.13. The number of terminal acetylenes is 1. The predicted molar refractivity (Wildman–Crippen MR) is 280 cm³/mol. The average Bonchev–Trinajstić information content (AvgIpc) is 2.02. The maximum absolute atomic E-state index is 14.5. The van der Waals surface area contributed by atoms with Crippen LogP contribution in [-0.2, 0) is 47.6 Å². The van der Waals surface area contributed by atoms with Gasteiger partial charge in [0.25, 0.3) is 26.0 Å². The molecule has 0 aliphatic carbocycles. The highest BCUT2D eigenvalue weighted by Crippen LogP contribution is 2.38. The van der Waals surface area contributed by atoms with Crippen LogP contribution in [0.4, 0.5) is 54.8 Å². The number of amides is 5. The number of carbonyl (C=O) groups excluding carboxylic acids is 3. The third kappa shape index (κ3) is 16.4. The second-order valence-electron chi connectivity index (χ2n) is 17.2. The molecule has 6 heterocycles. The molecule has 2 aliphatic rings. The Morgan fingerprint density at radius 3 is 1.96 bits per heavy atom. The normalized spacial score (nSPS) is 13.5. The number of ether oxygens (including phenoxy) is 5. The Balaban J connectivity index is 0.000000202. The number of urea groups is 2. The van der Waals surface area contributed by atoms with Crippen LogP contribution in [0, 0.1) is 23.6 Å². The third-order valence-corrected chi connectivity index (χ3v) is 16.0. The Morgan fingerprint density at radius 1 is 0.845 bits per heavy atom. The van der Waals surface area contributed by atoms with Crippen LogP contribution in [0.5, 0.6) is 29.3 Å². The molecule has 0 fully saturated rings. The highest BCUT2D eigenvalue weighted by molar-refractivity contribution is 7.93. The minimum absolute atomic E-state index is 0.0612. The summed E-state index contributed by atoms with van der Waals surface area (Å²) in [6, 6.07) is 8.46. The van der Waals surface area contributed by atoms with Crippen molar-refractivity contribution in [1.82, 2.24) is 43.3 Å². The number of halogens is 5. The number of rotatable bonds is 17. The molecule has 8 rings (SSSR count). The summed E-state index contributed by atoms with van der Waals surface area (Å²) in [4.78, 5) is 70.2. The van der Waals surface area contributed by atoms with Gasteiger partial charge in [-0.15, -0.1) is 6.42 Å². The van der Waals surface area contributed by atoms with Gasteiger partial charge in [0.05, 0.1) is 49.9 Å². The first kappa shape index (κ1) is 63.8. The summed E-state index contributed by atoms with van der Waals surface area (Å²) < 4.78 is 170. The van der Waals surface area contributed by atoms with Gasteiger partial charge in [-0.1, -0.05) is 38.8 Å². The van der Waals surface area contributed by atoms with E-state index in [1.54, 1.807) is 10.0 Å². The van der Waals surface area contributed by atoms with Gasteiger partial charge in [-0.25, -0.2) is 55.0 Å². The molecule has 29 nitrogen and oxygen atoms in total. The van der Waals surface area contributed by atoms with Crippen molar-refractivity contribution in [2.45, 2.75) is 61.8 Å². The molecule has 0 radical (unpaired) electrons. The van der Waals surface area contributed by atoms with Crippen LogP contribution in [-0.4, -0.2) is 135 Å². The Labute approximate surface area is 476 Å². The zero-order chi connectivity index (χ0) is 61.9. The molecule has 0 bridgehead atoms. The van der Waals surface area contributed by atoms with Gasteiger partial charge in [0, 0.05) is 36.8 Å². The van der Waals surface area contributed by atoms with Gasteiger partial charge in [0.2, 0.25) is 40.2 Å². The number of carbonyl (C=O) groups is 4. The Hall–Kier alpha value is -9.35. The number of aromatic nitrogens is 7. The number of nitrogens with zero attached hydrogens (tertiary/aromatic N) is 9. The molecule has 6 aromatic rings. The monoisotopic (exact) mass is 1260 g/mol. The molecule has 5 amide bonds. The molecule has 0 spiro atoms. The summed E-state index contributed by atoms with van der Waals surface area (Å²) in [6.07, 6.45) is 7.31. The van der Waals surface area contributed by atoms with Crippen molar-refractivity contribution in [1.29, 1.82) is 0 Å². The van der Waals surface area contributed by atoms with E-state index in [1.165, 1.54) is 78.7 Å². The number of fused-ring (bicyclic) bond motifs is 2. The molecule has 2 aromatic carbocycles. The van der Waals surface area contributed by atoms with Crippen molar-refractivity contribution in [2.24, 2.45) is 10.4 Å². The number of benzene rings is 2. The van der Waals surface area contributed by atoms with Crippen molar-refractivity contribution in [3.8, 4) is 41.6 Å². The van der Waals surface area contributed by atoms with Gasteiger partial charge < -0.3 is 33.4 Å². The van der Waals surface area contributed by atoms with E-state index in [0.29, 0.717) is 22.3 Å². The lowest BCUT2D eigenvalue weighted by molar-refractivity contribution is -0.121. The van der Waals surface area contributed by atoms with Gasteiger partial charge >= 0.3 is 31.3 Å². The summed E-state index contributed by atoms with van der Waals surface area (Å²) in [5.74, 6) is -2.05. The number of sulfonamides is 2. The number of anilines is 3. The summed E-state index contributed by atoms with van der Waals surface area (Å²) in [7, 11) is -10.6. The summed E-state index contributed by atoms with van der Waals surface area (Å²) >= 11 is 1.24. The fraction of sp³-hybridized carbons (Fsp3) is 0.283. The topological polar surface area (TPSA) is 383 Å². The fourth-order valence-corrected chi connectivity index (χ4v) is 11.5. The number of nitrogens with one attached hydrogen (secondary N) is 4. The molecule has 448 valence electrons. The first-order valence-electron chi connectivity index (χ1n) is 23.2. The lowest BCUT2D eigenvalue weighted by Crippen LogP contribution is -2.39. The number of carboxylic acid groups (broad SMARTS) is 1. The molecular weight excluding hydrogens is 1210 g/mol. The van der Waals surface area contributed by atoms with E-state index in [9.17, 15) is 66.4 Å². The molecule has 38 heteroatoms. The van der Waals surface area contributed by atoms with Crippen LogP contribution >= 0.6 is 11.5 Å². The van der Waals surface area contributed by atoms with Crippen LogP contribution in [0.25, 0.3) is 0 Å². The molecule has 0 saturated heterocycles. The van der Waals surface area contributed by atoms with Crippen molar-refractivity contribution in [3.05, 3.63) is 88.9 Å². The minimum atomic E-state index is -4.71. The highest BCUT2D eigenvalue weighted by Gasteiger charge is 2.33. The molecular formula is C46H44F5N13O16S4. The Morgan fingerprint density at radius 2 is 1.40 bits per heavy atom. The lowest BCUT2D eigenvalue weighted by atomic mass is 9.92. The molecule has 2 aliphatic heterocycles. The lowest BCUT2D eigenvalue weighted by Gasteiger charge is -2.28. The van der Waals surface area contributed by atoms with Gasteiger partial charge in [-0.3, -0.25) is 20.3 Å². The maximum atomic E-state index is 14.5. The molecule has 0 saturated carbocycles. The molecule has 84 heavy (non-hydrogen) atoms. The second-order valence-corrected chi connectivity index (χ2v) is 23.4. The van der Waals surface area contributed by atoms with E-state index < -0.39 is 105 Å². The first-order chi connectivity index (χ1) is 39.5. The first-order valence-corrected chi connectivity index (χ1v) is 28.6. The van der Waals surface area contributed by atoms with Crippen LogP contribution < -0.4 is 53.5 Å². The van der Waals surface area contributed by atoms with Gasteiger partial charge in [0.15, 0.2) is 27.3 Å². The predicted octanol–water partition coefficient (Wildman–Crippen LogP) is 4.34. The number of methoxy groups -OCH3 is 2. The van der Waals surface area contributed by atoms with E-state index in [2.05, 4.69) is 68.8 Å². The van der Waals surface area contributed by atoms with E-state index in [4.69, 9.17) is 25.7 Å². The van der Waals surface area contributed by atoms with E-state index in [0.717, 1.165) is 43.2 Å². The Bertz CT molecular complexity index is 3910. The van der Waals surface area contributed by atoms with Gasteiger partial charge in [-0.2, -0.15) is 50.3 Å². The number of aromatic carboxylic acids is 1. The standard InChI is InChI=1S/C18H17FN4O2S.C14H10F4N4O7S.C14H17N5O7S2/c1-4-5-22-13-7-12(11(19)6-14(13)25-9-16(22)24)20-17-23-10-18(2,3)8-15(23)21-26-17;15-11(16)28-8-5-9(29-12(17)18)20-13(19-8)21-14(25)22-30(26,27)7-4-2-1-3-6(7)10(23)24;1-4-27(21,22)9-6-5-7-15-12(9)28(23,24)19-14(20)18-13-16-10(25-2)8-11(17-13)26-3/h1,6-7H,5,8-10H2,2-3H3;1-5,11-12H,(H,23,24)(H2,19,20,21,22,25);5-8H,4H2,1-3H3,(H2,16,17,18,19,20)/b20-17-;;. The SMILES string of the molecule is C#CCN1C(=O)COc2cc(F)c(/N=c3\snc4n3CC(C)(C)C4)cc21.CCS(=O)(=O)c1cccnc1S(=O)(=O)NC(=O)Nc1nc(OC)cc(OC)n1.O=C(Nc1nc(OC(F)F)cc(OC(F)F)n1)NS(=O)(=O)c1ccccc1C(=O)O. The van der Waals surface area contributed by atoms with Gasteiger partial charge in [-0.05, 0) is 35.7 Å². The third-order valence-electron chi connectivity index (χ3n) is 10.6. The van der Waals surface area contributed by atoms with Crippen molar-refractivity contribution >= 4 is 88.6 Å². The van der Waals surface area contributed by atoms with E-state index >= 15 is 0 Å². The number of hydrogen-bond donors (Lipinski definition) is 5. The number of sulfone groups is 1. The number of alkyl halides is 4. The molecule has 4 aromatic heterocycles. The number of pyridine rings is 1. The van der Waals surface area contributed by atoms with Gasteiger partial charge in [0.1, 0.15) is 27.1 Å². The summed E-state index contributed by atoms with van der Waals surface area (Å²) in [6.45, 7) is -0.409. The number of carboxylic acids is 1. The van der Waals surface area contributed by atoms with Crippen molar-refractivity contribution in [3.63, 3.8) is 0 Å². The number of hydrogen-bond acceptors (Lipinski definition) is 23. The quantitative estimate of drug-likeness (QED) is 0.0626.